The number of aromatic nitrogens is 1. The van der Waals surface area contributed by atoms with Gasteiger partial charge in [-0.05, 0) is 46.8 Å². The summed E-state index contributed by atoms with van der Waals surface area (Å²) >= 11 is 0. The molecule has 4 heteroatoms. The summed E-state index contributed by atoms with van der Waals surface area (Å²) in [6.45, 7) is 7.79. The van der Waals surface area contributed by atoms with Crippen LogP contribution < -0.4 is 5.32 Å². The molecule has 0 radical (unpaired) electrons. The Balaban J connectivity index is 1.86. The van der Waals surface area contributed by atoms with Crippen molar-refractivity contribution in [3.05, 3.63) is 17.8 Å². The zero-order valence-electron chi connectivity index (χ0n) is 11.8. The third kappa shape index (κ3) is 3.33. The van der Waals surface area contributed by atoms with Crippen LogP contribution in [0.1, 0.15) is 44.3 Å². The number of nitrogens with one attached hydrogen (secondary N) is 1. The molecular formula is C14H25N3O. The van der Waals surface area contributed by atoms with Gasteiger partial charge in [-0.2, -0.15) is 0 Å². The smallest absolute Gasteiger partial charge is 0.198 e. The maximum atomic E-state index is 5.88. The molecule has 1 unspecified atom stereocenters. The van der Waals surface area contributed by atoms with Gasteiger partial charge < -0.3 is 14.6 Å². The predicted octanol–water partition coefficient (Wildman–Crippen LogP) is 2.02. The second kappa shape index (κ2) is 6.34. The summed E-state index contributed by atoms with van der Waals surface area (Å²) in [4.78, 5) is 6.95. The lowest BCUT2D eigenvalue weighted by atomic mass is 10.1. The maximum Gasteiger partial charge on any atom is 0.198 e. The molecule has 1 aromatic heterocycles. The number of hydrogen-bond donors (Lipinski definition) is 1. The molecule has 1 aliphatic heterocycles. The van der Waals surface area contributed by atoms with E-state index in [2.05, 4.69) is 29.0 Å². The average molecular weight is 251 g/mol. The van der Waals surface area contributed by atoms with Gasteiger partial charge in [-0.25, -0.2) is 4.98 Å². The van der Waals surface area contributed by atoms with Crippen LogP contribution in [-0.2, 0) is 6.42 Å². The van der Waals surface area contributed by atoms with Crippen LogP contribution in [-0.4, -0.2) is 42.6 Å². The quantitative estimate of drug-likeness (QED) is 0.785. The summed E-state index contributed by atoms with van der Waals surface area (Å²) in [6.07, 6.45) is 5.17. The maximum absolute atomic E-state index is 5.88. The number of oxazole rings is 1. The molecule has 1 aromatic rings. The first-order valence-corrected chi connectivity index (χ1v) is 7.04. The molecule has 1 N–H and O–H groups in total. The third-order valence-electron chi connectivity index (χ3n) is 3.72. The summed E-state index contributed by atoms with van der Waals surface area (Å²) in [5.74, 6) is 2.46. The Hall–Kier alpha value is -0.870. The van der Waals surface area contributed by atoms with Crippen LogP contribution in [0.25, 0.3) is 0 Å². The van der Waals surface area contributed by atoms with Crippen LogP contribution in [0.5, 0.6) is 0 Å². The summed E-state index contributed by atoms with van der Waals surface area (Å²) in [5, 5.41) is 3.15. The molecule has 0 aromatic carbocycles. The van der Waals surface area contributed by atoms with Crippen molar-refractivity contribution in [2.24, 2.45) is 0 Å². The highest BCUT2D eigenvalue weighted by Crippen LogP contribution is 2.28. The SMILES string of the molecule is CNCCCc1cnc(C2CCN(C(C)C)C2)o1. The molecule has 1 atom stereocenters. The molecule has 0 amide bonds. The van der Waals surface area contributed by atoms with Gasteiger partial charge in [0, 0.05) is 24.9 Å². The van der Waals surface area contributed by atoms with Crippen molar-refractivity contribution in [1.29, 1.82) is 0 Å². The fourth-order valence-corrected chi connectivity index (χ4v) is 2.52. The fraction of sp³-hybridized carbons (Fsp3) is 0.786. The molecule has 0 bridgehead atoms. The van der Waals surface area contributed by atoms with Crippen molar-refractivity contribution in [1.82, 2.24) is 15.2 Å². The van der Waals surface area contributed by atoms with E-state index >= 15 is 0 Å². The van der Waals surface area contributed by atoms with Gasteiger partial charge in [-0.15, -0.1) is 0 Å². The topological polar surface area (TPSA) is 41.3 Å². The van der Waals surface area contributed by atoms with E-state index in [-0.39, 0.29) is 0 Å². The molecule has 102 valence electrons. The highest BCUT2D eigenvalue weighted by molar-refractivity contribution is 5.02. The monoisotopic (exact) mass is 251 g/mol. The lowest BCUT2D eigenvalue weighted by Crippen LogP contribution is -2.27. The van der Waals surface area contributed by atoms with E-state index in [9.17, 15) is 0 Å². The Morgan fingerprint density at radius 1 is 1.56 bits per heavy atom. The normalized spacial score (nSPS) is 21.0. The Morgan fingerprint density at radius 2 is 2.39 bits per heavy atom. The Bertz CT molecular complexity index is 362. The summed E-state index contributed by atoms with van der Waals surface area (Å²) < 4.78 is 5.88. The molecule has 0 aliphatic carbocycles. The molecule has 18 heavy (non-hydrogen) atoms. The molecule has 1 fully saturated rings. The Morgan fingerprint density at radius 3 is 3.06 bits per heavy atom. The van der Waals surface area contributed by atoms with E-state index in [1.807, 2.05) is 13.2 Å². The molecule has 2 rings (SSSR count). The van der Waals surface area contributed by atoms with E-state index in [1.165, 1.54) is 13.0 Å². The Labute approximate surface area is 110 Å². The molecule has 0 spiro atoms. The predicted molar refractivity (Wildman–Crippen MR) is 72.8 cm³/mol. The first-order chi connectivity index (χ1) is 8.70. The highest BCUT2D eigenvalue weighted by atomic mass is 16.4. The van der Waals surface area contributed by atoms with E-state index in [0.29, 0.717) is 12.0 Å². The standard InChI is InChI=1S/C14H25N3O/c1-11(2)17-8-6-12(10-17)14-16-9-13(18-14)5-4-7-15-3/h9,11-12,15H,4-8,10H2,1-3H3. The highest BCUT2D eigenvalue weighted by Gasteiger charge is 2.28. The summed E-state index contributed by atoms with van der Waals surface area (Å²) in [7, 11) is 1.98. The van der Waals surface area contributed by atoms with Crippen molar-refractivity contribution >= 4 is 0 Å². The van der Waals surface area contributed by atoms with Gasteiger partial charge in [0.1, 0.15) is 5.76 Å². The number of aryl methyl sites for hydroxylation is 1. The van der Waals surface area contributed by atoms with E-state index in [1.54, 1.807) is 0 Å². The molecule has 0 saturated carbocycles. The van der Waals surface area contributed by atoms with Crippen molar-refractivity contribution in [3.63, 3.8) is 0 Å². The zero-order valence-corrected chi connectivity index (χ0v) is 11.8. The number of likely N-dealkylation sites (tertiary alicyclic amines) is 1. The molecule has 4 nitrogen and oxygen atoms in total. The third-order valence-corrected chi connectivity index (χ3v) is 3.72. The number of rotatable bonds is 6. The first kappa shape index (κ1) is 13.6. The van der Waals surface area contributed by atoms with Gasteiger partial charge in [-0.1, -0.05) is 0 Å². The van der Waals surface area contributed by atoms with Crippen LogP contribution in [0.2, 0.25) is 0 Å². The van der Waals surface area contributed by atoms with Crippen molar-refractivity contribution in [2.75, 3.05) is 26.7 Å². The van der Waals surface area contributed by atoms with E-state index in [4.69, 9.17) is 4.42 Å². The van der Waals surface area contributed by atoms with Gasteiger partial charge in [0.05, 0.1) is 6.20 Å². The second-order valence-electron chi connectivity index (χ2n) is 5.45. The summed E-state index contributed by atoms with van der Waals surface area (Å²) in [6, 6.07) is 0.625. The van der Waals surface area contributed by atoms with E-state index in [0.717, 1.165) is 37.6 Å². The van der Waals surface area contributed by atoms with E-state index < -0.39 is 0 Å². The van der Waals surface area contributed by atoms with Crippen LogP contribution >= 0.6 is 0 Å². The minimum absolute atomic E-state index is 0.491. The lowest BCUT2D eigenvalue weighted by Gasteiger charge is -2.19. The van der Waals surface area contributed by atoms with Crippen molar-refractivity contribution in [3.8, 4) is 0 Å². The van der Waals surface area contributed by atoms with Crippen LogP contribution in [0.4, 0.5) is 0 Å². The second-order valence-corrected chi connectivity index (χ2v) is 5.45. The first-order valence-electron chi connectivity index (χ1n) is 7.04. The van der Waals surface area contributed by atoms with Gasteiger partial charge in [0.15, 0.2) is 5.89 Å². The average Bonchev–Trinajstić information content (AvgIpc) is 2.97. The minimum Gasteiger partial charge on any atom is -0.445 e. The molecule has 1 saturated heterocycles. The van der Waals surface area contributed by atoms with Crippen LogP contribution in [0.15, 0.2) is 10.6 Å². The number of hydrogen-bond acceptors (Lipinski definition) is 4. The van der Waals surface area contributed by atoms with Gasteiger partial charge in [0.2, 0.25) is 0 Å². The lowest BCUT2D eigenvalue weighted by molar-refractivity contribution is 0.268. The molecule has 1 aliphatic rings. The van der Waals surface area contributed by atoms with Crippen molar-refractivity contribution in [2.45, 2.75) is 45.1 Å². The minimum atomic E-state index is 0.491. The molecule has 2 heterocycles. The van der Waals surface area contributed by atoms with Gasteiger partial charge in [0.25, 0.3) is 0 Å². The van der Waals surface area contributed by atoms with Crippen molar-refractivity contribution < 1.29 is 4.42 Å². The number of nitrogens with zero attached hydrogens (tertiary/aromatic N) is 2. The zero-order chi connectivity index (χ0) is 13.0. The van der Waals surface area contributed by atoms with Crippen LogP contribution in [0, 0.1) is 0 Å². The fourth-order valence-electron chi connectivity index (χ4n) is 2.52. The summed E-state index contributed by atoms with van der Waals surface area (Å²) in [5.41, 5.74) is 0. The van der Waals surface area contributed by atoms with Gasteiger partial charge >= 0.3 is 0 Å². The van der Waals surface area contributed by atoms with Gasteiger partial charge in [-0.3, -0.25) is 0 Å². The Kier molecular flexibility index (Phi) is 4.78. The molecular weight excluding hydrogens is 226 g/mol. The largest absolute Gasteiger partial charge is 0.445 e. The van der Waals surface area contributed by atoms with Crippen LogP contribution in [0.3, 0.4) is 0 Å².